The molecule has 32 nitrogen and oxygen atoms in total. The number of sulfonamides is 3. The van der Waals surface area contributed by atoms with Crippen molar-refractivity contribution in [3.8, 4) is 98.2 Å². The Balaban J connectivity index is 0.000000153. The minimum Gasteiger partial charge on any atom is -0.491 e. The highest BCUT2D eigenvalue weighted by molar-refractivity contribution is 7.92. The van der Waals surface area contributed by atoms with E-state index in [9.17, 15) is 59.8 Å². The molecule has 8 heterocycles. The van der Waals surface area contributed by atoms with Gasteiger partial charge in [-0.1, -0.05) is 79.3 Å². The molecular weight excluding hydrogens is 1930 g/mol. The molecule has 41 heteroatoms. The quantitative estimate of drug-likeness (QED) is 0.0361. The lowest BCUT2D eigenvalue weighted by Crippen LogP contribution is -2.65. The topological polar surface area (TPSA) is 419 Å². The van der Waals surface area contributed by atoms with Gasteiger partial charge in [0.15, 0.2) is 32.8 Å². The number of nitrogens with one attached hydrogen (secondary N) is 1. The van der Waals surface area contributed by atoms with Gasteiger partial charge in [-0.15, -0.1) is 11.6 Å². The number of aromatic nitrogens is 9. The van der Waals surface area contributed by atoms with Gasteiger partial charge in [-0.05, 0) is 164 Å². The molecule has 2 saturated heterocycles. The zero-order valence-corrected chi connectivity index (χ0v) is 82.1. The molecule has 0 saturated carbocycles. The van der Waals surface area contributed by atoms with Gasteiger partial charge in [-0.3, -0.25) is 9.40 Å². The zero-order chi connectivity index (χ0) is 97.7. The molecule has 136 heavy (non-hydrogen) atoms. The Hall–Kier alpha value is -12.5. The van der Waals surface area contributed by atoms with E-state index in [0.717, 1.165) is 127 Å². The highest BCUT2D eigenvalue weighted by Gasteiger charge is 2.46. The SMILES string of the molecule is CCCOc1c(Cl)cc(-c2cn(C)c3cc(OCc4ccnc(CS(C)(=O)=O)n4)ccc23)cc1C#N.CCCOc1c(Cl)cc(-n2ccc3cc(OC(C)C4CN(S(C)(=O)=O)C4)ccc32)cc1C#N.CCCOc1c(Cl)cc(-n2ccc3cc(OCC4(O)CN(S(C)(=O)=O)C4)ccc32)cc1C#N.CS(=O)(=O)Nc1ncc(Cn2cc3ccc(-c4cc(Cl)c(OCCCl)c(C#N)c4)cc3n2)cn1. The second-order valence-corrected chi connectivity index (χ2v) is 42.2. The van der Waals surface area contributed by atoms with Gasteiger partial charge in [-0.2, -0.15) is 30.5 Å². The van der Waals surface area contributed by atoms with Crippen LogP contribution in [0.4, 0.5) is 5.95 Å². The van der Waals surface area contributed by atoms with Crippen molar-refractivity contribution < 1.29 is 71.9 Å². The predicted octanol–water partition coefficient (Wildman–Crippen LogP) is 17.1. The molecule has 6 aromatic heterocycles. The number of hydrogen-bond donors (Lipinski definition) is 2. The van der Waals surface area contributed by atoms with E-state index < -0.39 is 45.5 Å². The lowest BCUT2D eigenvalue weighted by atomic mass is 9.97. The van der Waals surface area contributed by atoms with Crippen LogP contribution in [0.3, 0.4) is 0 Å². The largest absolute Gasteiger partial charge is 0.491 e. The minimum atomic E-state index is -3.44. The number of anilines is 1. The number of fused-ring (bicyclic) bond motifs is 4. The summed E-state index contributed by atoms with van der Waals surface area (Å²) in [4.78, 5) is 16.3. The summed E-state index contributed by atoms with van der Waals surface area (Å²) in [6.07, 6.45) is 19.1. The van der Waals surface area contributed by atoms with Crippen molar-refractivity contribution in [2.75, 3.05) is 94.8 Å². The monoisotopic (exact) mass is 2020 g/mol. The van der Waals surface area contributed by atoms with Crippen molar-refractivity contribution in [2.24, 2.45) is 13.0 Å². The number of nitriles is 4. The molecule has 0 spiro atoms. The first-order valence-electron chi connectivity index (χ1n) is 42.4. The highest BCUT2D eigenvalue weighted by atomic mass is 35.5. The second kappa shape index (κ2) is 43.7. The molecule has 2 N–H and O–H groups in total. The van der Waals surface area contributed by atoms with Gasteiger partial charge in [0.1, 0.15) is 84.6 Å². The summed E-state index contributed by atoms with van der Waals surface area (Å²) in [5, 5.41) is 58.6. The number of halogens is 5. The number of rotatable bonds is 33. The third-order valence-corrected chi connectivity index (χ3v) is 26.5. The number of alkyl halides is 1. The van der Waals surface area contributed by atoms with Crippen LogP contribution in [-0.2, 0) is 65.9 Å². The average molecular weight is 2020 g/mol. The Morgan fingerprint density at radius 1 is 0.544 bits per heavy atom. The zero-order valence-electron chi connectivity index (χ0n) is 75.1. The number of benzene rings is 8. The number of ether oxygens (including phenoxy) is 7. The molecule has 2 fully saturated rings. The number of β-amino-alcohol motifs (C(OH)–C–C–N with tert-alkyl or cyclic N) is 1. The van der Waals surface area contributed by atoms with Crippen LogP contribution in [-0.4, -0.2) is 193 Å². The second-order valence-electron chi connectivity index (χ2n) is 32.4. The van der Waals surface area contributed by atoms with Crippen molar-refractivity contribution in [1.29, 1.82) is 21.0 Å². The Morgan fingerprint density at radius 2 is 1.06 bits per heavy atom. The fourth-order valence-corrected chi connectivity index (χ4v) is 18.9. The van der Waals surface area contributed by atoms with Gasteiger partial charge in [0, 0.05) is 139 Å². The summed E-state index contributed by atoms with van der Waals surface area (Å²) in [6.45, 7) is 11.2. The number of nitrogens with zero attached hydrogens (tertiary/aromatic N) is 15. The van der Waals surface area contributed by atoms with Gasteiger partial charge < -0.3 is 52.0 Å². The summed E-state index contributed by atoms with van der Waals surface area (Å²) in [5.74, 6) is 3.94. The molecule has 8 aromatic carbocycles. The van der Waals surface area contributed by atoms with E-state index >= 15 is 0 Å². The van der Waals surface area contributed by atoms with E-state index in [1.54, 1.807) is 59.3 Å². The van der Waals surface area contributed by atoms with E-state index in [1.165, 1.54) is 33.5 Å². The maximum absolute atomic E-state index is 11.6. The number of aryl methyl sites for hydroxylation is 1. The van der Waals surface area contributed by atoms with Gasteiger partial charge in [0.2, 0.25) is 36.0 Å². The summed E-state index contributed by atoms with van der Waals surface area (Å²) in [7, 11) is -11.2. The standard InChI is InChI=1S/C26H25ClN4O4S.C24H26ClN3O4S.C23H24ClN3O5S.C22H18Cl2N6O3S/c1-4-9-34-26-18(13-28)10-17(11-23(26)27)22-14-31(2)24-12-20(5-6-21(22)24)35-15-19-7-8-29-25(30-19)16-36(3,32)33;1-4-9-31-24-18(13-26)10-20(12-22(24)25)28-8-7-17-11-21(5-6-23(17)28)32-16(2)19-14-27(15-19)33(3,29)30;1-3-8-31-22-17(12-25)9-18(11-20(22)24)27-7-6-16-10-19(4-5-21(16)27)32-15-23(28)13-26(14-23)33(2,29)30;1-34(31,32)29-22-26-10-14(11-27-22)12-30-13-16-3-2-15(8-20(16)28-30)17-6-18(9-25)21(19(24)7-17)33-5-4-23/h5-8,10-12,14H,4,9,15-16H2,1-3H3;5-8,10-12,16,19H,4,9,14-15H2,1-3H3;4-7,9-11,28H,3,8,13-15H2,1-2H3;2-3,6-8,10-11,13H,4-5,12H2,1H3,(H,26,27,29). The number of sulfone groups is 1. The molecule has 708 valence electrons. The van der Waals surface area contributed by atoms with Crippen LogP contribution in [0.5, 0.6) is 40.2 Å². The number of aliphatic hydroxyl groups is 1. The summed E-state index contributed by atoms with van der Waals surface area (Å²) < 4.78 is 145. The third-order valence-electron chi connectivity index (χ3n) is 21.5. The van der Waals surface area contributed by atoms with Crippen molar-refractivity contribution in [2.45, 2.75) is 77.6 Å². The Kier molecular flexibility index (Phi) is 32.4. The fourth-order valence-electron chi connectivity index (χ4n) is 14.8. The van der Waals surface area contributed by atoms with Crippen LogP contribution in [0.15, 0.2) is 183 Å². The van der Waals surface area contributed by atoms with Crippen molar-refractivity contribution >= 4 is 147 Å². The van der Waals surface area contributed by atoms with Crippen LogP contribution in [0.1, 0.15) is 86.3 Å². The summed E-state index contributed by atoms with van der Waals surface area (Å²) in [5.41, 5.74) is 10.00. The number of hydrogen-bond acceptors (Lipinski definition) is 25. The first-order valence-corrected chi connectivity index (χ1v) is 52.1. The van der Waals surface area contributed by atoms with Gasteiger partial charge in [0.25, 0.3) is 0 Å². The van der Waals surface area contributed by atoms with E-state index in [4.69, 9.17) is 91.2 Å². The molecule has 0 bridgehead atoms. The molecule has 0 amide bonds. The van der Waals surface area contributed by atoms with Crippen LogP contribution in [0.25, 0.3) is 77.2 Å². The Labute approximate surface area is 812 Å². The van der Waals surface area contributed by atoms with Crippen molar-refractivity contribution in [3.05, 3.63) is 242 Å². The van der Waals surface area contributed by atoms with E-state index in [-0.39, 0.29) is 68.3 Å². The van der Waals surface area contributed by atoms with Crippen LogP contribution >= 0.6 is 58.0 Å². The molecule has 1 atom stereocenters. The normalized spacial score (nSPS) is 13.5. The molecule has 0 radical (unpaired) electrons. The molecule has 2 aliphatic rings. The molecular formula is C95H93Cl5N16O16S4. The lowest BCUT2D eigenvalue weighted by Gasteiger charge is -2.44. The van der Waals surface area contributed by atoms with E-state index in [1.807, 2.05) is 158 Å². The van der Waals surface area contributed by atoms with Gasteiger partial charge in [0.05, 0.1) is 121 Å². The van der Waals surface area contributed by atoms with Crippen LogP contribution < -0.4 is 37.9 Å². The molecule has 1 unspecified atom stereocenters. The maximum atomic E-state index is 11.6. The van der Waals surface area contributed by atoms with Gasteiger partial charge >= 0.3 is 0 Å². The maximum Gasteiger partial charge on any atom is 0.236 e. The van der Waals surface area contributed by atoms with Gasteiger partial charge in [-0.25, -0.2) is 57.9 Å². The fraction of sp³-hybridized carbons (Fsp3) is 0.295. The van der Waals surface area contributed by atoms with Crippen molar-refractivity contribution in [3.63, 3.8) is 0 Å². The van der Waals surface area contributed by atoms with Crippen LogP contribution in [0, 0.1) is 51.2 Å². The molecule has 0 aliphatic carbocycles. The first-order chi connectivity index (χ1) is 64.8. The Bertz CT molecular complexity index is 7490. The highest BCUT2D eigenvalue weighted by Crippen LogP contribution is 2.42. The van der Waals surface area contributed by atoms with E-state index in [2.05, 4.69) is 54.0 Å². The van der Waals surface area contributed by atoms with E-state index in [0.29, 0.717) is 122 Å². The summed E-state index contributed by atoms with van der Waals surface area (Å²) in [6, 6.07) is 51.2. The molecule has 14 aromatic rings. The first kappa shape index (κ1) is 101. The summed E-state index contributed by atoms with van der Waals surface area (Å²) >= 11 is 31.4. The van der Waals surface area contributed by atoms with Crippen LogP contribution in [0.2, 0.25) is 20.1 Å². The van der Waals surface area contributed by atoms with Crippen molar-refractivity contribution in [1.82, 2.24) is 52.0 Å². The average Bonchev–Trinajstić information content (AvgIpc) is 1.03. The Morgan fingerprint density at radius 3 is 1.60 bits per heavy atom. The predicted molar refractivity (Wildman–Crippen MR) is 524 cm³/mol. The lowest BCUT2D eigenvalue weighted by molar-refractivity contribution is -0.0865. The molecule has 16 rings (SSSR count). The third kappa shape index (κ3) is 25.2. The smallest absolute Gasteiger partial charge is 0.236 e. The molecule has 2 aliphatic heterocycles. The minimum absolute atomic E-state index is 0.00834.